The van der Waals surface area contributed by atoms with Crippen LogP contribution in [-0.2, 0) is 6.18 Å². The van der Waals surface area contributed by atoms with Gasteiger partial charge in [-0.25, -0.2) is 9.50 Å². The third-order valence-electron chi connectivity index (χ3n) is 4.74. The molecule has 4 rings (SSSR count). The Morgan fingerprint density at radius 3 is 2.10 bits per heavy atom. The van der Waals surface area contributed by atoms with Crippen molar-refractivity contribution in [2.45, 2.75) is 13.1 Å². The molecule has 4 aromatic rings. The molecule has 30 heavy (non-hydrogen) atoms. The molecule has 2 heterocycles. The number of methoxy groups -OCH3 is 2. The van der Waals surface area contributed by atoms with Gasteiger partial charge in [0.15, 0.2) is 22.8 Å². The number of alkyl halides is 3. The van der Waals surface area contributed by atoms with Crippen LogP contribution in [0.25, 0.3) is 28.2 Å². The number of ether oxygens (including phenoxy) is 2. The predicted molar refractivity (Wildman–Crippen MR) is 107 cm³/mol. The summed E-state index contributed by atoms with van der Waals surface area (Å²) in [5.74, 6) is 0.878. The number of rotatable bonds is 4. The highest BCUT2D eigenvalue weighted by Gasteiger charge is 2.35. The molecule has 0 radical (unpaired) electrons. The first-order valence-electron chi connectivity index (χ1n) is 9.07. The van der Waals surface area contributed by atoms with Gasteiger partial charge in [0.25, 0.3) is 0 Å². The van der Waals surface area contributed by atoms with Gasteiger partial charge in [-0.05, 0) is 31.2 Å². The summed E-state index contributed by atoms with van der Waals surface area (Å²) < 4.78 is 52.7. The van der Waals surface area contributed by atoms with Gasteiger partial charge in [0.2, 0.25) is 0 Å². The Bertz CT molecular complexity index is 1220. The van der Waals surface area contributed by atoms with E-state index >= 15 is 0 Å². The minimum atomic E-state index is -4.61. The van der Waals surface area contributed by atoms with Crippen molar-refractivity contribution in [2.75, 3.05) is 14.2 Å². The lowest BCUT2D eigenvalue weighted by molar-refractivity contribution is -0.142. The lowest BCUT2D eigenvalue weighted by Gasteiger charge is -2.12. The Morgan fingerprint density at radius 2 is 1.47 bits per heavy atom. The Kier molecular flexibility index (Phi) is 4.85. The predicted octanol–water partition coefficient (Wildman–Crippen LogP) is 5.41. The molecule has 0 bridgehead atoms. The molecule has 0 unspecified atom stereocenters. The second-order valence-electron chi connectivity index (χ2n) is 6.76. The maximum Gasteiger partial charge on any atom is 0.433 e. The normalized spacial score (nSPS) is 11.7. The Labute approximate surface area is 170 Å². The van der Waals surface area contributed by atoms with Crippen molar-refractivity contribution < 1.29 is 22.6 Å². The molecule has 0 atom stereocenters. The minimum Gasteiger partial charge on any atom is -0.493 e. The monoisotopic (exact) mass is 413 g/mol. The number of aryl methyl sites for hydroxylation is 1. The van der Waals surface area contributed by atoms with Crippen LogP contribution in [-0.4, -0.2) is 28.8 Å². The highest BCUT2D eigenvalue weighted by atomic mass is 19.4. The molecular formula is C22H18F3N3O2. The molecule has 2 aromatic carbocycles. The fourth-order valence-corrected chi connectivity index (χ4v) is 3.19. The Hall–Kier alpha value is -3.55. The first kappa shape index (κ1) is 19.8. The van der Waals surface area contributed by atoms with E-state index in [-0.39, 0.29) is 11.3 Å². The van der Waals surface area contributed by atoms with Crippen molar-refractivity contribution in [2.24, 2.45) is 0 Å². The van der Waals surface area contributed by atoms with E-state index in [1.165, 1.54) is 14.2 Å². The van der Waals surface area contributed by atoms with Crippen LogP contribution in [0.3, 0.4) is 0 Å². The van der Waals surface area contributed by atoms with Crippen LogP contribution in [0.4, 0.5) is 13.2 Å². The van der Waals surface area contributed by atoms with Crippen molar-refractivity contribution in [1.82, 2.24) is 14.6 Å². The van der Waals surface area contributed by atoms with E-state index in [2.05, 4.69) is 10.1 Å². The highest BCUT2D eigenvalue weighted by molar-refractivity contribution is 5.69. The van der Waals surface area contributed by atoms with E-state index in [0.717, 1.165) is 16.1 Å². The van der Waals surface area contributed by atoms with Gasteiger partial charge in [0.05, 0.1) is 25.6 Å². The molecule has 8 heteroatoms. The quantitative estimate of drug-likeness (QED) is 0.449. The molecule has 5 nitrogen and oxygen atoms in total. The summed E-state index contributed by atoms with van der Waals surface area (Å²) in [6.45, 7) is 1.94. The average Bonchev–Trinajstić information content (AvgIpc) is 3.16. The third-order valence-corrected chi connectivity index (χ3v) is 4.74. The number of hydrogen-bond acceptors (Lipinski definition) is 4. The van der Waals surface area contributed by atoms with Crippen molar-refractivity contribution in [1.29, 1.82) is 0 Å². The van der Waals surface area contributed by atoms with Gasteiger partial charge < -0.3 is 9.47 Å². The second-order valence-corrected chi connectivity index (χ2v) is 6.76. The number of hydrogen-bond donors (Lipinski definition) is 0. The van der Waals surface area contributed by atoms with Crippen LogP contribution in [0.15, 0.2) is 54.6 Å². The van der Waals surface area contributed by atoms with E-state index in [9.17, 15) is 13.2 Å². The first-order valence-corrected chi connectivity index (χ1v) is 9.07. The average molecular weight is 413 g/mol. The molecule has 0 spiro atoms. The van der Waals surface area contributed by atoms with Gasteiger partial charge in [-0.2, -0.15) is 18.3 Å². The zero-order valence-corrected chi connectivity index (χ0v) is 16.5. The largest absolute Gasteiger partial charge is 0.493 e. The van der Waals surface area contributed by atoms with Crippen molar-refractivity contribution in [3.63, 3.8) is 0 Å². The maximum atomic E-state index is 13.8. The van der Waals surface area contributed by atoms with Crippen LogP contribution >= 0.6 is 0 Å². The van der Waals surface area contributed by atoms with E-state index < -0.39 is 11.9 Å². The number of halogens is 3. The molecule has 0 amide bonds. The fourth-order valence-electron chi connectivity index (χ4n) is 3.19. The summed E-state index contributed by atoms with van der Waals surface area (Å²) in [5, 5.41) is 4.16. The molecule has 0 saturated carbocycles. The molecule has 0 aliphatic heterocycles. The lowest BCUT2D eigenvalue weighted by atomic mass is 10.1. The van der Waals surface area contributed by atoms with Crippen LogP contribution in [0.1, 0.15) is 11.3 Å². The summed E-state index contributed by atoms with van der Waals surface area (Å²) in [7, 11) is 2.95. The van der Waals surface area contributed by atoms with Gasteiger partial charge in [-0.3, -0.25) is 0 Å². The van der Waals surface area contributed by atoms with Gasteiger partial charge in [-0.1, -0.05) is 29.8 Å². The van der Waals surface area contributed by atoms with Gasteiger partial charge in [0, 0.05) is 17.2 Å². The molecule has 2 aromatic heterocycles. The molecule has 154 valence electrons. The topological polar surface area (TPSA) is 48.7 Å². The smallest absolute Gasteiger partial charge is 0.433 e. The number of nitrogens with zero attached hydrogens (tertiary/aromatic N) is 3. The van der Waals surface area contributed by atoms with Crippen LogP contribution in [0.2, 0.25) is 0 Å². The Morgan fingerprint density at radius 1 is 0.800 bits per heavy atom. The molecule has 0 N–H and O–H groups in total. The molecule has 0 aliphatic rings. The third kappa shape index (κ3) is 3.56. The Balaban J connectivity index is 1.91. The summed E-state index contributed by atoms with van der Waals surface area (Å²) in [6.07, 6.45) is -4.61. The second kappa shape index (κ2) is 7.37. The zero-order valence-electron chi connectivity index (χ0n) is 16.5. The van der Waals surface area contributed by atoms with Crippen molar-refractivity contribution in [3.05, 3.63) is 65.9 Å². The van der Waals surface area contributed by atoms with Crippen molar-refractivity contribution >= 4 is 5.65 Å². The molecule has 0 aliphatic carbocycles. The van der Waals surface area contributed by atoms with E-state index in [0.29, 0.717) is 28.3 Å². The molecule has 0 saturated heterocycles. The minimum absolute atomic E-state index is 0.102. The SMILES string of the molecule is COc1ccc(-c2cc(C(F)(F)F)n3nc(-c4ccc(C)cc4)cc3n2)cc1OC. The summed E-state index contributed by atoms with van der Waals surface area (Å²) >= 11 is 0. The summed E-state index contributed by atoms with van der Waals surface area (Å²) in [6, 6.07) is 14.8. The number of benzene rings is 2. The van der Waals surface area contributed by atoms with E-state index in [4.69, 9.17) is 9.47 Å². The van der Waals surface area contributed by atoms with Crippen LogP contribution in [0.5, 0.6) is 11.5 Å². The summed E-state index contributed by atoms with van der Waals surface area (Å²) in [4.78, 5) is 4.42. The molecule has 0 fully saturated rings. The number of fused-ring (bicyclic) bond motifs is 1. The van der Waals surface area contributed by atoms with Crippen LogP contribution in [0, 0.1) is 6.92 Å². The zero-order chi connectivity index (χ0) is 21.5. The maximum absolute atomic E-state index is 13.8. The van der Waals surface area contributed by atoms with E-state index in [1.54, 1.807) is 24.3 Å². The lowest BCUT2D eigenvalue weighted by Crippen LogP contribution is -2.13. The fraction of sp³-hybridized carbons (Fsp3) is 0.182. The standard InChI is InChI=1S/C22H18F3N3O2/c1-13-4-6-14(7-5-13)17-12-21-26-16(11-20(22(23,24)25)28(21)27-17)15-8-9-18(29-2)19(10-15)30-3/h4-12H,1-3H3. The molecular weight excluding hydrogens is 395 g/mol. The highest BCUT2D eigenvalue weighted by Crippen LogP contribution is 2.36. The summed E-state index contributed by atoms with van der Waals surface area (Å²) in [5.41, 5.74) is 2.00. The van der Waals surface area contributed by atoms with Crippen LogP contribution < -0.4 is 9.47 Å². The number of aromatic nitrogens is 3. The first-order chi connectivity index (χ1) is 14.3. The van der Waals surface area contributed by atoms with Gasteiger partial charge in [-0.15, -0.1) is 0 Å². The van der Waals surface area contributed by atoms with E-state index in [1.807, 2.05) is 31.2 Å². The van der Waals surface area contributed by atoms with Gasteiger partial charge >= 0.3 is 6.18 Å². The van der Waals surface area contributed by atoms with Crippen molar-refractivity contribution in [3.8, 4) is 34.0 Å². The van der Waals surface area contributed by atoms with Gasteiger partial charge in [0.1, 0.15) is 0 Å².